The lowest BCUT2D eigenvalue weighted by Crippen LogP contribution is -2.28. The molecular weight excluding hydrogens is 280 g/mol. The summed E-state index contributed by atoms with van der Waals surface area (Å²) >= 11 is 0. The second kappa shape index (κ2) is 7.32. The van der Waals surface area contributed by atoms with Crippen molar-refractivity contribution in [1.29, 1.82) is 0 Å². The number of esters is 2. The Kier molecular flexibility index (Phi) is 5.77. The minimum atomic E-state index is -1.56. The number of pyridine rings is 1. The summed E-state index contributed by atoms with van der Waals surface area (Å²) < 4.78 is 9.60. The first kappa shape index (κ1) is 16.5. The molecule has 21 heavy (non-hydrogen) atoms. The highest BCUT2D eigenvalue weighted by atomic mass is 16.6. The molecule has 0 aromatic carbocycles. The molecule has 8 heteroatoms. The number of rotatable bonds is 6. The van der Waals surface area contributed by atoms with Crippen LogP contribution in [0.5, 0.6) is 0 Å². The Labute approximate surface area is 121 Å². The number of hydrogen-bond donors (Lipinski definition) is 0. The molecule has 1 aromatic heterocycles. The normalized spacial score (nSPS) is 10.3. The van der Waals surface area contributed by atoms with Crippen LogP contribution in [0.1, 0.15) is 31.2 Å². The zero-order valence-corrected chi connectivity index (χ0v) is 12.0. The third-order valence-electron chi connectivity index (χ3n) is 2.56. The molecule has 0 atom stereocenters. The topological polar surface area (TPSA) is 109 Å². The average molecular weight is 296 g/mol. The summed E-state index contributed by atoms with van der Waals surface area (Å²) in [6.07, 6.45) is 0. The van der Waals surface area contributed by atoms with Gasteiger partial charge < -0.3 is 9.47 Å². The maximum absolute atomic E-state index is 12.0. The first-order chi connectivity index (χ1) is 9.92. The number of carbonyl (C=O) groups excluding carboxylic acids is 2. The van der Waals surface area contributed by atoms with Gasteiger partial charge in [-0.05, 0) is 26.8 Å². The highest BCUT2D eigenvalue weighted by Gasteiger charge is 2.38. The molecule has 0 fully saturated rings. The number of nitrogens with zero attached hydrogens (tertiary/aromatic N) is 2. The Bertz CT molecular complexity index is 540. The molecule has 1 heterocycles. The number of hydrogen-bond acceptors (Lipinski definition) is 7. The van der Waals surface area contributed by atoms with Gasteiger partial charge in [-0.1, -0.05) is 0 Å². The van der Waals surface area contributed by atoms with Crippen molar-refractivity contribution in [3.05, 3.63) is 33.6 Å². The maximum atomic E-state index is 12.0. The fourth-order valence-corrected chi connectivity index (χ4v) is 1.71. The average Bonchev–Trinajstić information content (AvgIpc) is 2.39. The molecule has 1 aromatic rings. The smallest absolute Gasteiger partial charge is 0.326 e. The van der Waals surface area contributed by atoms with Gasteiger partial charge in [0.25, 0.3) is 5.69 Å². The summed E-state index contributed by atoms with van der Waals surface area (Å²) in [5.41, 5.74) is -0.252. The highest BCUT2D eigenvalue weighted by Crippen LogP contribution is 2.27. The number of aromatic nitrogens is 1. The van der Waals surface area contributed by atoms with Crippen molar-refractivity contribution < 1.29 is 24.0 Å². The summed E-state index contributed by atoms with van der Waals surface area (Å²) in [6.45, 7) is 4.81. The summed E-state index contributed by atoms with van der Waals surface area (Å²) in [4.78, 5) is 38.2. The van der Waals surface area contributed by atoms with Gasteiger partial charge in [-0.2, -0.15) is 0 Å². The Morgan fingerprint density at radius 2 is 1.76 bits per heavy atom. The maximum Gasteiger partial charge on any atom is 0.326 e. The van der Waals surface area contributed by atoms with E-state index in [0.29, 0.717) is 5.69 Å². The van der Waals surface area contributed by atoms with Crippen molar-refractivity contribution in [2.45, 2.75) is 26.7 Å². The monoisotopic (exact) mass is 296 g/mol. The molecule has 0 aliphatic rings. The minimum Gasteiger partial charge on any atom is -0.465 e. The Balaban J connectivity index is 3.37. The van der Waals surface area contributed by atoms with Crippen LogP contribution in [0.4, 0.5) is 5.69 Å². The molecule has 8 nitrogen and oxygen atoms in total. The molecule has 0 N–H and O–H groups in total. The van der Waals surface area contributed by atoms with Gasteiger partial charge >= 0.3 is 11.9 Å². The van der Waals surface area contributed by atoms with Crippen molar-refractivity contribution in [2.24, 2.45) is 0 Å². The Hall–Kier alpha value is -2.51. The van der Waals surface area contributed by atoms with E-state index in [9.17, 15) is 19.7 Å². The van der Waals surface area contributed by atoms with Crippen LogP contribution in [0.15, 0.2) is 12.1 Å². The molecule has 0 amide bonds. The van der Waals surface area contributed by atoms with E-state index in [1.807, 2.05) is 0 Å². The van der Waals surface area contributed by atoms with E-state index in [-0.39, 0.29) is 18.9 Å². The van der Waals surface area contributed by atoms with Crippen LogP contribution in [0.25, 0.3) is 0 Å². The SMILES string of the molecule is CCOC(=O)C(C(=O)OCC)c1nc(C)ccc1[N+](=O)[O-]. The number of carbonyl (C=O) groups is 2. The zero-order chi connectivity index (χ0) is 16.0. The van der Waals surface area contributed by atoms with E-state index in [1.54, 1.807) is 20.8 Å². The van der Waals surface area contributed by atoms with Crippen LogP contribution in [0.2, 0.25) is 0 Å². The van der Waals surface area contributed by atoms with Gasteiger partial charge in [0.2, 0.25) is 5.92 Å². The van der Waals surface area contributed by atoms with E-state index in [0.717, 1.165) is 0 Å². The quantitative estimate of drug-likeness (QED) is 0.338. The number of nitro groups is 1. The van der Waals surface area contributed by atoms with Crippen LogP contribution >= 0.6 is 0 Å². The second-order valence-corrected chi connectivity index (χ2v) is 4.05. The number of aryl methyl sites for hydroxylation is 1. The lowest BCUT2D eigenvalue weighted by atomic mass is 10.0. The summed E-state index contributed by atoms with van der Waals surface area (Å²) in [5.74, 6) is -3.40. The lowest BCUT2D eigenvalue weighted by molar-refractivity contribution is -0.386. The van der Waals surface area contributed by atoms with E-state index >= 15 is 0 Å². The lowest BCUT2D eigenvalue weighted by Gasteiger charge is -2.14. The van der Waals surface area contributed by atoms with Gasteiger partial charge in [-0.15, -0.1) is 0 Å². The van der Waals surface area contributed by atoms with Crippen molar-refractivity contribution in [3.63, 3.8) is 0 Å². The first-order valence-electron chi connectivity index (χ1n) is 6.37. The van der Waals surface area contributed by atoms with E-state index in [1.165, 1.54) is 12.1 Å². The van der Waals surface area contributed by atoms with Gasteiger partial charge in [-0.3, -0.25) is 19.7 Å². The molecule has 0 spiro atoms. The largest absolute Gasteiger partial charge is 0.465 e. The fourth-order valence-electron chi connectivity index (χ4n) is 1.71. The molecular formula is C13H16N2O6. The minimum absolute atomic E-state index is 0.0361. The third-order valence-corrected chi connectivity index (χ3v) is 2.56. The van der Waals surface area contributed by atoms with Crippen molar-refractivity contribution in [1.82, 2.24) is 4.98 Å². The Morgan fingerprint density at radius 3 is 2.19 bits per heavy atom. The molecule has 114 valence electrons. The second-order valence-electron chi connectivity index (χ2n) is 4.05. The van der Waals surface area contributed by atoms with Gasteiger partial charge in [0.1, 0.15) is 5.69 Å². The van der Waals surface area contributed by atoms with Gasteiger partial charge in [0, 0.05) is 11.8 Å². The van der Waals surface area contributed by atoms with Crippen molar-refractivity contribution in [2.75, 3.05) is 13.2 Å². The number of ether oxygens (including phenoxy) is 2. The highest BCUT2D eigenvalue weighted by molar-refractivity contribution is 6.01. The Morgan fingerprint density at radius 1 is 1.24 bits per heavy atom. The molecule has 0 unspecified atom stereocenters. The predicted molar refractivity (Wildman–Crippen MR) is 71.6 cm³/mol. The standard InChI is InChI=1S/C13H16N2O6/c1-4-20-12(16)10(13(17)21-5-2)11-9(15(18)19)7-6-8(3)14-11/h6-7,10H,4-5H2,1-3H3. The molecule has 1 rings (SSSR count). The van der Waals surface area contributed by atoms with E-state index in [4.69, 9.17) is 9.47 Å². The molecule has 0 saturated heterocycles. The van der Waals surface area contributed by atoms with Crippen LogP contribution in [0.3, 0.4) is 0 Å². The zero-order valence-electron chi connectivity index (χ0n) is 12.0. The molecule has 0 radical (unpaired) electrons. The van der Waals surface area contributed by atoms with Crippen molar-refractivity contribution in [3.8, 4) is 0 Å². The summed E-state index contributed by atoms with van der Waals surface area (Å²) in [6, 6.07) is 2.62. The molecule has 0 bridgehead atoms. The molecule has 0 aliphatic carbocycles. The van der Waals surface area contributed by atoms with Gasteiger partial charge in [0.15, 0.2) is 0 Å². The van der Waals surface area contributed by atoms with Gasteiger partial charge in [0.05, 0.1) is 18.1 Å². The molecule has 0 saturated carbocycles. The van der Waals surface area contributed by atoms with E-state index in [2.05, 4.69) is 4.98 Å². The van der Waals surface area contributed by atoms with Gasteiger partial charge in [-0.25, -0.2) is 4.98 Å². The van der Waals surface area contributed by atoms with Crippen LogP contribution in [-0.4, -0.2) is 35.1 Å². The van der Waals surface area contributed by atoms with E-state index < -0.39 is 28.5 Å². The van der Waals surface area contributed by atoms with Crippen molar-refractivity contribution >= 4 is 17.6 Å². The first-order valence-corrected chi connectivity index (χ1v) is 6.37. The van der Waals surface area contributed by atoms with Crippen LogP contribution < -0.4 is 0 Å². The summed E-state index contributed by atoms with van der Waals surface area (Å²) in [5, 5.41) is 11.1. The fraction of sp³-hybridized carbons (Fsp3) is 0.462. The molecule has 0 aliphatic heterocycles. The van der Waals surface area contributed by atoms with Crippen LogP contribution in [-0.2, 0) is 19.1 Å². The summed E-state index contributed by atoms with van der Waals surface area (Å²) in [7, 11) is 0. The third kappa shape index (κ3) is 3.98. The predicted octanol–water partition coefficient (Wildman–Crippen LogP) is 1.51. The van der Waals surface area contributed by atoms with Crippen LogP contribution in [0, 0.1) is 17.0 Å².